The molecule has 0 bridgehead atoms. The fourth-order valence-corrected chi connectivity index (χ4v) is 3.02. The van der Waals surface area contributed by atoms with Gasteiger partial charge in [0.05, 0.1) is 6.61 Å². The number of aromatic amines is 1. The van der Waals surface area contributed by atoms with Crippen molar-refractivity contribution in [3.05, 3.63) is 16.3 Å². The second-order valence-corrected chi connectivity index (χ2v) is 7.52. The lowest BCUT2D eigenvalue weighted by molar-refractivity contribution is 0.141. The maximum atomic E-state index is 11.4. The molecule has 4 aromatic rings. The fraction of sp³-hybridized carbons (Fsp3) is 0.500. The molecule has 0 saturated heterocycles. The Hall–Kier alpha value is -3.94. The maximum absolute atomic E-state index is 11.4. The number of unbranched alkanes of at least 4 members (excludes halogenated alkanes) is 1. The number of aryl methyl sites for hydroxylation is 3. The van der Waals surface area contributed by atoms with Crippen molar-refractivity contribution >= 4 is 39.9 Å². The number of nitrogens with one attached hydrogen (secondary N) is 2. The third-order valence-electron chi connectivity index (χ3n) is 5.05. The first kappa shape index (κ1) is 24.7. The number of fused-ring (bicyclic) bond motifs is 2. The first-order valence-electron chi connectivity index (χ1n) is 10.8. The number of methoxy groups -OCH3 is 1. The van der Waals surface area contributed by atoms with E-state index in [0.717, 1.165) is 25.2 Å². The molecule has 0 amide bonds. The van der Waals surface area contributed by atoms with Crippen LogP contribution in [0.25, 0.3) is 22.3 Å². The lowest BCUT2D eigenvalue weighted by Gasteiger charge is -2.05. The van der Waals surface area contributed by atoms with E-state index in [2.05, 4.69) is 42.1 Å². The van der Waals surface area contributed by atoms with Crippen molar-refractivity contribution in [3.8, 4) is 6.01 Å². The van der Waals surface area contributed by atoms with Crippen LogP contribution < -0.4 is 27.2 Å². The minimum atomic E-state index is -0.244. The Morgan fingerprint density at radius 3 is 2.47 bits per heavy atom. The molecule has 4 rings (SSSR count). The van der Waals surface area contributed by atoms with Gasteiger partial charge in [-0.25, -0.2) is 9.78 Å². The monoisotopic (exact) mass is 473 g/mol. The summed E-state index contributed by atoms with van der Waals surface area (Å²) >= 11 is 0. The van der Waals surface area contributed by atoms with Gasteiger partial charge >= 0.3 is 11.7 Å². The summed E-state index contributed by atoms with van der Waals surface area (Å²) < 4.78 is 13.5. The Bertz CT molecular complexity index is 1330. The number of hydrogen-bond acceptors (Lipinski definition) is 11. The fourth-order valence-electron chi connectivity index (χ4n) is 3.02. The summed E-state index contributed by atoms with van der Waals surface area (Å²) in [6.45, 7) is 5.65. The molecule has 4 heterocycles. The standard InChI is InChI=1S/C10H16N6O.C10H15N5O2/c1-3-4-5-12-9-14-7(11)6-8(15-9)16(2)10(17)13-6;1-6-12-7-8(11)13-10(17-5-4-16-3)14-9(7)15(6)2/h3-5H2,1-2H3,(H,13,17)(H3,11,12,14,15);4-5H2,1-3H3,(H2,11,13,14). The van der Waals surface area contributed by atoms with Crippen LogP contribution in [0, 0.1) is 6.92 Å². The molecule has 4 aromatic heterocycles. The molecule has 0 aliphatic heterocycles. The highest BCUT2D eigenvalue weighted by atomic mass is 16.5. The average Bonchev–Trinajstić information content (AvgIpc) is 3.26. The van der Waals surface area contributed by atoms with Gasteiger partial charge in [-0.05, 0) is 13.3 Å². The van der Waals surface area contributed by atoms with Crippen LogP contribution in [0.3, 0.4) is 0 Å². The van der Waals surface area contributed by atoms with Crippen LogP contribution in [0.5, 0.6) is 6.01 Å². The van der Waals surface area contributed by atoms with Crippen LogP contribution in [-0.2, 0) is 18.8 Å². The van der Waals surface area contributed by atoms with E-state index < -0.39 is 0 Å². The highest BCUT2D eigenvalue weighted by molar-refractivity contribution is 5.83. The molecule has 14 nitrogen and oxygen atoms in total. The van der Waals surface area contributed by atoms with E-state index in [1.807, 2.05) is 18.5 Å². The molecule has 0 radical (unpaired) electrons. The molecule has 0 spiro atoms. The Morgan fingerprint density at radius 1 is 1.00 bits per heavy atom. The molecule has 0 saturated carbocycles. The Morgan fingerprint density at radius 2 is 1.76 bits per heavy atom. The van der Waals surface area contributed by atoms with Crippen molar-refractivity contribution in [3.63, 3.8) is 0 Å². The van der Waals surface area contributed by atoms with Crippen molar-refractivity contribution in [2.45, 2.75) is 26.7 Å². The molecular formula is C20H31N11O3. The molecule has 0 atom stereocenters. The second kappa shape index (κ2) is 10.8. The van der Waals surface area contributed by atoms with Crippen LogP contribution in [0.2, 0.25) is 0 Å². The predicted octanol–water partition coefficient (Wildman–Crippen LogP) is 0.730. The summed E-state index contributed by atoms with van der Waals surface area (Å²) in [7, 11) is 5.12. The Balaban J connectivity index is 0.000000191. The number of rotatable bonds is 8. The van der Waals surface area contributed by atoms with Crippen molar-refractivity contribution in [1.82, 2.24) is 39.0 Å². The number of imidazole rings is 2. The van der Waals surface area contributed by atoms with Crippen LogP contribution in [0.4, 0.5) is 17.6 Å². The van der Waals surface area contributed by atoms with Crippen molar-refractivity contribution < 1.29 is 9.47 Å². The first-order valence-corrected chi connectivity index (χ1v) is 10.8. The number of H-pyrrole nitrogens is 1. The lowest BCUT2D eigenvalue weighted by Crippen LogP contribution is -2.12. The van der Waals surface area contributed by atoms with Gasteiger partial charge in [0.15, 0.2) is 28.4 Å². The number of hydrogen-bond donors (Lipinski definition) is 4. The molecule has 6 N–H and O–H groups in total. The van der Waals surface area contributed by atoms with Gasteiger partial charge in [-0.15, -0.1) is 0 Å². The van der Waals surface area contributed by atoms with Crippen molar-refractivity contribution in [2.75, 3.05) is 43.7 Å². The van der Waals surface area contributed by atoms with E-state index in [-0.39, 0.29) is 17.5 Å². The summed E-state index contributed by atoms with van der Waals surface area (Å²) in [5, 5.41) is 3.08. The SMILES string of the molecule is CCCCNc1nc(N)c2[nH]c(=O)n(C)c2n1.COCCOc1nc(N)c2nc(C)n(C)c2n1. The summed E-state index contributed by atoms with van der Waals surface area (Å²) in [5.74, 6) is 1.89. The van der Waals surface area contributed by atoms with Gasteiger partial charge in [0, 0.05) is 27.7 Å². The van der Waals surface area contributed by atoms with Gasteiger partial charge in [-0.2, -0.15) is 19.9 Å². The molecular weight excluding hydrogens is 442 g/mol. The molecule has 0 aromatic carbocycles. The number of aromatic nitrogens is 8. The number of nitrogen functional groups attached to an aromatic ring is 2. The van der Waals surface area contributed by atoms with Gasteiger partial charge < -0.3 is 35.8 Å². The van der Waals surface area contributed by atoms with Gasteiger partial charge in [0.25, 0.3) is 0 Å². The van der Waals surface area contributed by atoms with E-state index in [4.69, 9.17) is 20.9 Å². The van der Waals surface area contributed by atoms with Gasteiger partial charge in [-0.3, -0.25) is 4.57 Å². The smallest absolute Gasteiger partial charge is 0.327 e. The Kier molecular flexibility index (Phi) is 7.83. The third kappa shape index (κ3) is 5.33. The summed E-state index contributed by atoms with van der Waals surface area (Å²) in [4.78, 5) is 35.0. The largest absolute Gasteiger partial charge is 0.461 e. The van der Waals surface area contributed by atoms with E-state index in [9.17, 15) is 4.79 Å². The third-order valence-corrected chi connectivity index (χ3v) is 5.05. The van der Waals surface area contributed by atoms with Crippen LogP contribution in [0.1, 0.15) is 25.6 Å². The zero-order valence-corrected chi connectivity index (χ0v) is 20.0. The van der Waals surface area contributed by atoms with Crippen LogP contribution >= 0.6 is 0 Å². The first-order chi connectivity index (χ1) is 16.3. The van der Waals surface area contributed by atoms with Crippen molar-refractivity contribution in [2.24, 2.45) is 14.1 Å². The summed E-state index contributed by atoms with van der Waals surface area (Å²) in [6.07, 6.45) is 2.13. The molecule has 0 aliphatic carbocycles. The quantitative estimate of drug-likeness (QED) is 0.264. The molecule has 0 aliphatic rings. The molecule has 14 heteroatoms. The van der Waals surface area contributed by atoms with Gasteiger partial charge in [-0.1, -0.05) is 13.3 Å². The molecule has 0 fully saturated rings. The zero-order chi connectivity index (χ0) is 24.8. The van der Waals surface area contributed by atoms with E-state index >= 15 is 0 Å². The second-order valence-electron chi connectivity index (χ2n) is 7.52. The number of anilines is 3. The normalized spacial score (nSPS) is 11.0. The molecule has 34 heavy (non-hydrogen) atoms. The van der Waals surface area contributed by atoms with Crippen LogP contribution in [-0.4, -0.2) is 65.9 Å². The number of ether oxygens (including phenoxy) is 2. The minimum Gasteiger partial charge on any atom is -0.461 e. The highest BCUT2D eigenvalue weighted by Gasteiger charge is 2.13. The summed E-state index contributed by atoms with van der Waals surface area (Å²) in [5.41, 5.74) is 13.6. The van der Waals surface area contributed by atoms with E-state index in [1.165, 1.54) is 4.57 Å². The number of nitrogens with zero attached hydrogens (tertiary/aromatic N) is 7. The Labute approximate surface area is 195 Å². The zero-order valence-electron chi connectivity index (χ0n) is 20.0. The van der Waals surface area contributed by atoms with E-state index in [0.29, 0.717) is 47.3 Å². The van der Waals surface area contributed by atoms with Gasteiger partial charge in [0.1, 0.15) is 17.9 Å². The average molecular weight is 474 g/mol. The van der Waals surface area contributed by atoms with Crippen LogP contribution in [0.15, 0.2) is 4.79 Å². The lowest BCUT2D eigenvalue weighted by atomic mass is 10.3. The predicted molar refractivity (Wildman–Crippen MR) is 130 cm³/mol. The topological polar surface area (TPSA) is 190 Å². The molecule has 184 valence electrons. The van der Waals surface area contributed by atoms with Crippen molar-refractivity contribution in [1.29, 1.82) is 0 Å². The number of nitrogens with two attached hydrogens (primary N) is 2. The minimum absolute atomic E-state index is 0.244. The summed E-state index contributed by atoms with van der Waals surface area (Å²) in [6, 6.07) is 0.245. The van der Waals surface area contributed by atoms with Gasteiger partial charge in [0.2, 0.25) is 5.95 Å². The maximum Gasteiger partial charge on any atom is 0.327 e. The highest BCUT2D eigenvalue weighted by Crippen LogP contribution is 2.20. The molecule has 0 unspecified atom stereocenters. The van der Waals surface area contributed by atoms with E-state index in [1.54, 1.807) is 14.2 Å².